The molecule has 1 aliphatic heterocycles. The second-order valence-electron chi connectivity index (χ2n) is 5.00. The van der Waals surface area contributed by atoms with Crippen molar-refractivity contribution in [2.24, 2.45) is 0 Å². The number of nitrogens with one attached hydrogen (secondary N) is 1. The Balaban J connectivity index is 2.00. The maximum atomic E-state index is 12.4. The lowest BCUT2D eigenvalue weighted by molar-refractivity contribution is -0.136. The quantitative estimate of drug-likeness (QED) is 0.899. The fraction of sp³-hybridized carbons (Fsp3) is 0.533. The number of amides is 1. The molecule has 0 saturated carbocycles. The summed E-state index contributed by atoms with van der Waals surface area (Å²) in [5.74, 6) is 0.208. The average molecular weight is 281 g/mol. The standard InChI is InChI=1S/C15H21ClN2O/c1-2-9-17-14-8-5-10-18(15(14)19)11-12-6-3-4-7-13(12)16/h3-4,6-7,14,17H,2,5,8-11H2,1H3. The van der Waals surface area contributed by atoms with E-state index in [1.165, 1.54) is 0 Å². The first-order chi connectivity index (χ1) is 9.22. The summed E-state index contributed by atoms with van der Waals surface area (Å²) < 4.78 is 0. The van der Waals surface area contributed by atoms with Crippen molar-refractivity contribution < 1.29 is 4.79 Å². The van der Waals surface area contributed by atoms with Crippen molar-refractivity contribution in [3.8, 4) is 0 Å². The number of carbonyl (C=O) groups is 1. The highest BCUT2D eigenvalue weighted by Gasteiger charge is 2.28. The zero-order valence-corrected chi connectivity index (χ0v) is 12.1. The van der Waals surface area contributed by atoms with Gasteiger partial charge in [-0.05, 0) is 37.4 Å². The van der Waals surface area contributed by atoms with Crippen LogP contribution in [0.1, 0.15) is 31.7 Å². The van der Waals surface area contributed by atoms with E-state index in [0.717, 1.165) is 42.9 Å². The Kier molecular flexibility index (Phi) is 5.23. The summed E-state index contributed by atoms with van der Waals surface area (Å²) >= 11 is 6.16. The summed E-state index contributed by atoms with van der Waals surface area (Å²) in [7, 11) is 0. The van der Waals surface area contributed by atoms with Gasteiger partial charge in [0.15, 0.2) is 0 Å². The van der Waals surface area contributed by atoms with Crippen molar-refractivity contribution in [3.05, 3.63) is 34.9 Å². The van der Waals surface area contributed by atoms with E-state index in [1.54, 1.807) is 0 Å². The van der Waals surface area contributed by atoms with Gasteiger partial charge in [0.1, 0.15) is 0 Å². The number of rotatable bonds is 5. The van der Waals surface area contributed by atoms with Gasteiger partial charge in [0.2, 0.25) is 5.91 Å². The Morgan fingerprint density at radius 3 is 2.95 bits per heavy atom. The molecule has 1 aliphatic rings. The molecule has 3 nitrogen and oxygen atoms in total. The molecule has 0 bridgehead atoms. The fourth-order valence-electron chi connectivity index (χ4n) is 2.44. The molecule has 0 aromatic heterocycles. The molecule has 1 saturated heterocycles. The molecule has 1 amide bonds. The number of benzene rings is 1. The lowest BCUT2D eigenvalue weighted by Gasteiger charge is -2.33. The second kappa shape index (κ2) is 6.92. The summed E-state index contributed by atoms with van der Waals surface area (Å²) in [5.41, 5.74) is 1.02. The molecule has 1 aromatic rings. The Hall–Kier alpha value is -1.06. The lowest BCUT2D eigenvalue weighted by atomic mass is 10.0. The first-order valence-corrected chi connectivity index (χ1v) is 7.35. The molecule has 1 heterocycles. The van der Waals surface area contributed by atoms with Gasteiger partial charge in [0.05, 0.1) is 6.04 Å². The Morgan fingerprint density at radius 2 is 2.21 bits per heavy atom. The number of nitrogens with zero attached hydrogens (tertiary/aromatic N) is 1. The van der Waals surface area contributed by atoms with Crippen molar-refractivity contribution in [1.29, 1.82) is 0 Å². The van der Waals surface area contributed by atoms with Crippen molar-refractivity contribution in [3.63, 3.8) is 0 Å². The maximum Gasteiger partial charge on any atom is 0.240 e. The molecule has 1 N–H and O–H groups in total. The van der Waals surface area contributed by atoms with E-state index < -0.39 is 0 Å². The maximum absolute atomic E-state index is 12.4. The molecule has 1 atom stereocenters. The van der Waals surface area contributed by atoms with Crippen LogP contribution >= 0.6 is 11.6 Å². The van der Waals surface area contributed by atoms with Gasteiger partial charge in [0, 0.05) is 18.1 Å². The number of hydrogen-bond acceptors (Lipinski definition) is 2. The molecular formula is C15H21ClN2O. The van der Waals surface area contributed by atoms with Crippen LogP contribution in [0.25, 0.3) is 0 Å². The highest BCUT2D eigenvalue weighted by molar-refractivity contribution is 6.31. The highest BCUT2D eigenvalue weighted by atomic mass is 35.5. The van der Waals surface area contributed by atoms with Gasteiger partial charge in [0.25, 0.3) is 0 Å². The monoisotopic (exact) mass is 280 g/mol. The van der Waals surface area contributed by atoms with Crippen LogP contribution in [0.2, 0.25) is 5.02 Å². The van der Waals surface area contributed by atoms with Gasteiger partial charge in [-0.2, -0.15) is 0 Å². The number of piperidine rings is 1. The lowest BCUT2D eigenvalue weighted by Crippen LogP contribution is -2.50. The largest absolute Gasteiger partial charge is 0.337 e. The molecular weight excluding hydrogens is 260 g/mol. The topological polar surface area (TPSA) is 32.3 Å². The number of carbonyl (C=O) groups excluding carboxylic acids is 1. The highest BCUT2D eigenvalue weighted by Crippen LogP contribution is 2.20. The van der Waals surface area contributed by atoms with Crippen LogP contribution < -0.4 is 5.32 Å². The first kappa shape index (κ1) is 14.4. The summed E-state index contributed by atoms with van der Waals surface area (Å²) in [4.78, 5) is 14.3. The fourth-order valence-corrected chi connectivity index (χ4v) is 2.63. The van der Waals surface area contributed by atoms with Gasteiger partial charge in [-0.1, -0.05) is 36.7 Å². The Morgan fingerprint density at radius 1 is 1.42 bits per heavy atom. The second-order valence-corrected chi connectivity index (χ2v) is 5.41. The van der Waals surface area contributed by atoms with Crippen LogP contribution in [0.3, 0.4) is 0 Å². The molecule has 2 rings (SSSR count). The number of halogens is 1. The minimum absolute atomic E-state index is 0.0174. The zero-order valence-electron chi connectivity index (χ0n) is 11.4. The van der Waals surface area contributed by atoms with Crippen molar-refractivity contribution in [1.82, 2.24) is 10.2 Å². The number of hydrogen-bond donors (Lipinski definition) is 1. The van der Waals surface area contributed by atoms with Crippen LogP contribution in [0.15, 0.2) is 24.3 Å². The molecule has 0 radical (unpaired) electrons. The van der Waals surface area contributed by atoms with E-state index in [9.17, 15) is 4.79 Å². The third kappa shape index (κ3) is 3.71. The van der Waals surface area contributed by atoms with Crippen LogP contribution in [-0.2, 0) is 11.3 Å². The third-order valence-corrected chi connectivity index (χ3v) is 3.86. The molecule has 104 valence electrons. The average Bonchev–Trinajstić information content (AvgIpc) is 2.42. The molecule has 1 aromatic carbocycles. The number of likely N-dealkylation sites (tertiary alicyclic amines) is 1. The minimum atomic E-state index is -0.0174. The first-order valence-electron chi connectivity index (χ1n) is 6.98. The molecule has 1 fully saturated rings. The van der Waals surface area contributed by atoms with Gasteiger partial charge in [-0.3, -0.25) is 4.79 Å². The summed E-state index contributed by atoms with van der Waals surface area (Å²) in [5, 5.41) is 4.06. The summed E-state index contributed by atoms with van der Waals surface area (Å²) in [6, 6.07) is 7.71. The van der Waals surface area contributed by atoms with Crippen LogP contribution in [0.5, 0.6) is 0 Å². The predicted octanol–water partition coefficient (Wildman–Crippen LogP) is 2.83. The van der Waals surface area contributed by atoms with Gasteiger partial charge in [-0.25, -0.2) is 0 Å². The normalized spacial score (nSPS) is 19.8. The van der Waals surface area contributed by atoms with Crippen LogP contribution in [0, 0.1) is 0 Å². The minimum Gasteiger partial charge on any atom is -0.337 e. The van der Waals surface area contributed by atoms with Gasteiger partial charge < -0.3 is 10.2 Å². The van der Waals surface area contributed by atoms with Gasteiger partial charge in [-0.15, -0.1) is 0 Å². The van der Waals surface area contributed by atoms with Gasteiger partial charge >= 0.3 is 0 Å². The Bertz CT molecular complexity index is 436. The van der Waals surface area contributed by atoms with E-state index >= 15 is 0 Å². The van der Waals surface area contributed by atoms with E-state index in [4.69, 9.17) is 11.6 Å². The van der Waals surface area contributed by atoms with Crippen molar-refractivity contribution >= 4 is 17.5 Å². The van der Waals surface area contributed by atoms with Crippen LogP contribution in [0.4, 0.5) is 0 Å². The van der Waals surface area contributed by atoms with Crippen molar-refractivity contribution in [2.45, 2.75) is 38.8 Å². The third-order valence-electron chi connectivity index (χ3n) is 3.49. The van der Waals surface area contributed by atoms with E-state index in [0.29, 0.717) is 6.54 Å². The SMILES string of the molecule is CCCNC1CCCN(Cc2ccccc2Cl)C1=O. The summed E-state index contributed by atoms with van der Waals surface area (Å²) in [6.45, 7) is 4.45. The van der Waals surface area contributed by atoms with E-state index in [1.807, 2.05) is 29.2 Å². The van der Waals surface area contributed by atoms with E-state index in [2.05, 4.69) is 12.2 Å². The zero-order chi connectivity index (χ0) is 13.7. The molecule has 19 heavy (non-hydrogen) atoms. The van der Waals surface area contributed by atoms with E-state index in [-0.39, 0.29) is 11.9 Å². The molecule has 0 spiro atoms. The molecule has 4 heteroatoms. The molecule has 1 unspecified atom stereocenters. The predicted molar refractivity (Wildman–Crippen MR) is 78.2 cm³/mol. The molecule has 0 aliphatic carbocycles. The smallest absolute Gasteiger partial charge is 0.240 e. The van der Waals surface area contributed by atoms with Crippen molar-refractivity contribution in [2.75, 3.05) is 13.1 Å². The summed E-state index contributed by atoms with van der Waals surface area (Å²) in [6.07, 6.45) is 3.05. The van der Waals surface area contributed by atoms with Crippen LogP contribution in [-0.4, -0.2) is 29.9 Å². The Labute approximate surface area is 119 Å².